The van der Waals surface area contributed by atoms with Crippen LogP contribution in [0.25, 0.3) is 0 Å². The van der Waals surface area contributed by atoms with Crippen molar-refractivity contribution in [1.29, 1.82) is 0 Å². The zero-order valence-electron chi connectivity index (χ0n) is 11.2. The molecule has 1 unspecified atom stereocenters. The molecule has 4 heteroatoms. The van der Waals surface area contributed by atoms with Crippen LogP contribution in [-0.2, 0) is 11.2 Å². The minimum atomic E-state index is 0.0786. The molecule has 1 N–H and O–H groups in total. The Morgan fingerprint density at radius 3 is 3.10 bits per heavy atom. The maximum absolute atomic E-state index is 12.1. The van der Waals surface area contributed by atoms with Gasteiger partial charge in [-0.25, -0.2) is 0 Å². The van der Waals surface area contributed by atoms with E-state index in [1.165, 1.54) is 5.56 Å². The van der Waals surface area contributed by atoms with Crippen LogP contribution in [0.15, 0.2) is 41.1 Å². The maximum Gasteiger partial charge on any atom is 0.220 e. The van der Waals surface area contributed by atoms with Crippen LogP contribution in [0.3, 0.4) is 0 Å². The van der Waals surface area contributed by atoms with Gasteiger partial charge in [0.05, 0.1) is 12.6 Å². The molecule has 1 atom stereocenters. The van der Waals surface area contributed by atoms with E-state index in [1.807, 2.05) is 29.6 Å². The lowest BCUT2D eigenvalue weighted by Gasteiger charge is -2.26. The Morgan fingerprint density at radius 1 is 1.35 bits per heavy atom. The first-order valence-electron chi connectivity index (χ1n) is 6.85. The topological polar surface area (TPSA) is 38.3 Å². The molecule has 0 radical (unpaired) electrons. The number of thiophene rings is 1. The van der Waals surface area contributed by atoms with Gasteiger partial charge in [0.25, 0.3) is 0 Å². The molecule has 0 spiro atoms. The van der Waals surface area contributed by atoms with E-state index in [2.05, 4.69) is 16.8 Å². The number of carbonyl (C=O) groups is 1. The summed E-state index contributed by atoms with van der Waals surface area (Å²) in [7, 11) is 0. The molecule has 104 valence electrons. The van der Waals surface area contributed by atoms with Gasteiger partial charge >= 0.3 is 0 Å². The number of para-hydroxylation sites is 1. The molecule has 0 aliphatic carbocycles. The minimum Gasteiger partial charge on any atom is -0.493 e. The molecular formula is C16H17NO2S. The van der Waals surface area contributed by atoms with E-state index in [4.69, 9.17) is 4.74 Å². The first-order valence-corrected chi connectivity index (χ1v) is 7.79. The molecule has 2 heterocycles. The van der Waals surface area contributed by atoms with E-state index in [1.54, 1.807) is 11.3 Å². The number of aryl methyl sites for hydroxylation is 1. The molecule has 1 amide bonds. The van der Waals surface area contributed by atoms with Crippen molar-refractivity contribution in [3.63, 3.8) is 0 Å². The van der Waals surface area contributed by atoms with Crippen molar-refractivity contribution in [3.8, 4) is 5.75 Å². The fraction of sp³-hybridized carbons (Fsp3) is 0.312. The van der Waals surface area contributed by atoms with Gasteiger partial charge in [0.15, 0.2) is 0 Å². The molecule has 3 rings (SSSR count). The number of rotatable bonds is 4. The van der Waals surface area contributed by atoms with E-state index >= 15 is 0 Å². The fourth-order valence-electron chi connectivity index (χ4n) is 2.45. The number of hydrogen-bond donors (Lipinski definition) is 1. The van der Waals surface area contributed by atoms with Crippen molar-refractivity contribution in [2.45, 2.75) is 25.3 Å². The molecule has 1 aliphatic heterocycles. The molecule has 20 heavy (non-hydrogen) atoms. The number of amides is 1. The Hall–Kier alpha value is -1.81. The third-order valence-corrected chi connectivity index (χ3v) is 4.25. The summed E-state index contributed by atoms with van der Waals surface area (Å²) >= 11 is 1.67. The molecule has 0 bridgehead atoms. The molecule has 1 aliphatic rings. The predicted molar refractivity (Wildman–Crippen MR) is 80.1 cm³/mol. The maximum atomic E-state index is 12.1. The summed E-state index contributed by atoms with van der Waals surface area (Å²) in [4.78, 5) is 12.1. The molecule has 0 fully saturated rings. The smallest absolute Gasteiger partial charge is 0.220 e. The van der Waals surface area contributed by atoms with Crippen molar-refractivity contribution in [2.24, 2.45) is 0 Å². The van der Waals surface area contributed by atoms with Crippen molar-refractivity contribution in [2.75, 3.05) is 6.61 Å². The highest BCUT2D eigenvalue weighted by atomic mass is 32.1. The summed E-state index contributed by atoms with van der Waals surface area (Å²) in [6.07, 6.45) is 2.18. The normalized spacial score (nSPS) is 17.1. The van der Waals surface area contributed by atoms with Gasteiger partial charge in [-0.15, -0.1) is 0 Å². The van der Waals surface area contributed by atoms with E-state index in [9.17, 15) is 4.79 Å². The summed E-state index contributed by atoms with van der Waals surface area (Å²) in [5, 5.41) is 7.26. The van der Waals surface area contributed by atoms with Crippen LogP contribution in [0.4, 0.5) is 0 Å². The highest BCUT2D eigenvalue weighted by Crippen LogP contribution is 2.31. The van der Waals surface area contributed by atoms with Crippen LogP contribution < -0.4 is 10.1 Å². The average molecular weight is 287 g/mol. The second kappa shape index (κ2) is 6.09. The van der Waals surface area contributed by atoms with E-state index in [0.717, 1.165) is 24.2 Å². The van der Waals surface area contributed by atoms with Gasteiger partial charge in [0.2, 0.25) is 5.91 Å². The lowest BCUT2D eigenvalue weighted by molar-refractivity contribution is -0.122. The second-order valence-corrected chi connectivity index (χ2v) is 5.71. The van der Waals surface area contributed by atoms with Gasteiger partial charge in [0.1, 0.15) is 5.75 Å². The van der Waals surface area contributed by atoms with Gasteiger partial charge < -0.3 is 10.1 Å². The Bertz CT molecular complexity index is 580. The Balaban J connectivity index is 1.59. The van der Waals surface area contributed by atoms with Gasteiger partial charge in [-0.1, -0.05) is 18.2 Å². The van der Waals surface area contributed by atoms with Crippen molar-refractivity contribution >= 4 is 17.2 Å². The lowest BCUT2D eigenvalue weighted by atomic mass is 10.0. The predicted octanol–water partition coefficient (Wildman–Crippen LogP) is 3.32. The SMILES string of the molecule is O=C(CCc1ccsc1)NC1CCOc2ccccc21. The molecular weight excluding hydrogens is 270 g/mol. The van der Waals surface area contributed by atoms with Crippen LogP contribution in [0.2, 0.25) is 0 Å². The van der Waals surface area contributed by atoms with E-state index < -0.39 is 0 Å². The zero-order chi connectivity index (χ0) is 13.8. The number of ether oxygens (including phenoxy) is 1. The minimum absolute atomic E-state index is 0.0786. The van der Waals surface area contributed by atoms with Crippen molar-refractivity contribution in [1.82, 2.24) is 5.32 Å². The lowest BCUT2D eigenvalue weighted by Crippen LogP contribution is -2.32. The standard InChI is InChI=1S/C16H17NO2S/c18-16(6-5-12-8-10-20-11-12)17-14-7-9-19-15-4-2-1-3-13(14)15/h1-4,8,10-11,14H,5-7,9H2,(H,17,18). The van der Waals surface area contributed by atoms with Crippen LogP contribution >= 0.6 is 11.3 Å². The number of carbonyl (C=O) groups excluding carboxylic acids is 1. The molecule has 3 nitrogen and oxygen atoms in total. The Kier molecular flexibility index (Phi) is 4.02. The molecule has 1 aromatic carbocycles. The van der Waals surface area contributed by atoms with Gasteiger partial charge in [-0.3, -0.25) is 4.79 Å². The zero-order valence-corrected chi connectivity index (χ0v) is 12.0. The monoisotopic (exact) mass is 287 g/mol. The highest BCUT2D eigenvalue weighted by Gasteiger charge is 2.22. The van der Waals surface area contributed by atoms with Gasteiger partial charge in [0, 0.05) is 18.4 Å². The Labute approximate surface area is 122 Å². The third-order valence-electron chi connectivity index (χ3n) is 3.51. The molecule has 1 aromatic heterocycles. The quantitative estimate of drug-likeness (QED) is 0.937. The number of fused-ring (bicyclic) bond motifs is 1. The average Bonchev–Trinajstić information content (AvgIpc) is 2.99. The van der Waals surface area contributed by atoms with Crippen LogP contribution in [0.5, 0.6) is 5.75 Å². The molecule has 0 saturated heterocycles. The van der Waals surface area contributed by atoms with E-state index in [0.29, 0.717) is 13.0 Å². The molecule has 2 aromatic rings. The first-order chi connectivity index (χ1) is 9.83. The fourth-order valence-corrected chi connectivity index (χ4v) is 3.15. The summed E-state index contributed by atoms with van der Waals surface area (Å²) in [6, 6.07) is 10.1. The van der Waals surface area contributed by atoms with Crippen LogP contribution in [0.1, 0.15) is 30.0 Å². The Morgan fingerprint density at radius 2 is 2.25 bits per heavy atom. The summed E-state index contributed by atoms with van der Waals surface area (Å²) in [6.45, 7) is 0.659. The van der Waals surface area contributed by atoms with E-state index in [-0.39, 0.29) is 11.9 Å². The number of hydrogen-bond acceptors (Lipinski definition) is 3. The largest absolute Gasteiger partial charge is 0.493 e. The van der Waals surface area contributed by atoms with Crippen molar-refractivity contribution in [3.05, 3.63) is 52.2 Å². The number of nitrogens with one attached hydrogen (secondary N) is 1. The highest BCUT2D eigenvalue weighted by molar-refractivity contribution is 7.07. The second-order valence-electron chi connectivity index (χ2n) is 4.93. The summed E-state index contributed by atoms with van der Waals surface area (Å²) in [5.74, 6) is 1.000. The van der Waals surface area contributed by atoms with Gasteiger partial charge in [-0.2, -0.15) is 11.3 Å². The number of benzene rings is 1. The third kappa shape index (κ3) is 3.02. The molecule has 0 saturated carbocycles. The summed E-state index contributed by atoms with van der Waals surface area (Å²) < 4.78 is 5.60. The van der Waals surface area contributed by atoms with Crippen LogP contribution in [-0.4, -0.2) is 12.5 Å². The first kappa shape index (κ1) is 13.2. The summed E-state index contributed by atoms with van der Waals surface area (Å²) in [5.41, 5.74) is 2.32. The van der Waals surface area contributed by atoms with Crippen LogP contribution in [0, 0.1) is 0 Å². The van der Waals surface area contributed by atoms with Crippen molar-refractivity contribution < 1.29 is 9.53 Å². The van der Waals surface area contributed by atoms with Gasteiger partial charge in [-0.05, 0) is 34.9 Å².